The van der Waals surface area contributed by atoms with Gasteiger partial charge in [0.1, 0.15) is 0 Å². The van der Waals surface area contributed by atoms with Gasteiger partial charge in [-0.2, -0.15) is 0 Å². The number of nitrogens with two attached hydrogens (primary N) is 2. The highest BCUT2D eigenvalue weighted by Crippen LogP contribution is 2.22. The molecule has 0 aliphatic carbocycles. The Morgan fingerprint density at radius 2 is 1.71 bits per heavy atom. The first-order valence-corrected chi connectivity index (χ1v) is 5.87. The fourth-order valence-corrected chi connectivity index (χ4v) is 1.27. The maximum Gasteiger partial charge on any atom is 0.232 e. The first-order valence-electron chi connectivity index (χ1n) is 5.46. The number of carbonyl (C=O) groups is 2. The lowest BCUT2D eigenvalue weighted by molar-refractivity contribution is -0.129. The second-order valence-electron chi connectivity index (χ2n) is 4.98. The maximum atomic E-state index is 12.0. The van der Waals surface area contributed by atoms with E-state index in [0.717, 1.165) is 0 Å². The number of amides is 2. The zero-order valence-corrected chi connectivity index (χ0v) is 11.6. The monoisotopic (exact) mass is 259 g/mol. The molecule has 2 amide bonds. The SMILES string of the molecule is CCC(C)(C(=O)NCC(C)(C)C(N)=O)C(N)=S. The van der Waals surface area contributed by atoms with Gasteiger partial charge >= 0.3 is 0 Å². The van der Waals surface area contributed by atoms with E-state index in [0.29, 0.717) is 6.42 Å². The second-order valence-corrected chi connectivity index (χ2v) is 5.42. The van der Waals surface area contributed by atoms with Crippen LogP contribution >= 0.6 is 12.2 Å². The lowest BCUT2D eigenvalue weighted by Gasteiger charge is -2.28. The average Bonchev–Trinajstić information content (AvgIpc) is 2.24. The van der Waals surface area contributed by atoms with Gasteiger partial charge in [0.15, 0.2) is 0 Å². The lowest BCUT2D eigenvalue weighted by atomic mass is 9.85. The van der Waals surface area contributed by atoms with E-state index in [1.165, 1.54) is 0 Å². The summed E-state index contributed by atoms with van der Waals surface area (Å²) >= 11 is 4.89. The van der Waals surface area contributed by atoms with Gasteiger partial charge in [-0.1, -0.05) is 19.1 Å². The zero-order valence-electron chi connectivity index (χ0n) is 10.8. The third-order valence-electron chi connectivity index (χ3n) is 3.11. The zero-order chi connectivity index (χ0) is 13.9. The topological polar surface area (TPSA) is 98.2 Å². The van der Waals surface area contributed by atoms with Crippen LogP contribution in [-0.4, -0.2) is 23.3 Å². The molecule has 0 saturated heterocycles. The molecule has 1 unspecified atom stereocenters. The summed E-state index contributed by atoms with van der Waals surface area (Å²) in [7, 11) is 0. The van der Waals surface area contributed by atoms with E-state index in [-0.39, 0.29) is 17.4 Å². The first kappa shape index (κ1) is 15.8. The van der Waals surface area contributed by atoms with Crippen LogP contribution in [-0.2, 0) is 9.59 Å². The smallest absolute Gasteiger partial charge is 0.232 e. The predicted molar refractivity (Wildman–Crippen MR) is 71.2 cm³/mol. The van der Waals surface area contributed by atoms with Crippen LogP contribution in [0.2, 0.25) is 0 Å². The fourth-order valence-electron chi connectivity index (χ4n) is 1.03. The molecule has 17 heavy (non-hydrogen) atoms. The van der Waals surface area contributed by atoms with Crippen molar-refractivity contribution in [1.29, 1.82) is 0 Å². The number of primary amides is 1. The van der Waals surface area contributed by atoms with Crippen LogP contribution in [0.4, 0.5) is 0 Å². The quantitative estimate of drug-likeness (QED) is 0.598. The standard InChI is InChI=1S/C11H21N3O2S/c1-5-11(4,8(13)17)9(16)14-6-10(2,3)7(12)15/h5-6H2,1-4H3,(H2,12,15)(H2,13,17)(H,14,16). The van der Waals surface area contributed by atoms with Gasteiger partial charge < -0.3 is 16.8 Å². The summed E-state index contributed by atoms with van der Waals surface area (Å²) in [6.07, 6.45) is 0.505. The molecule has 0 radical (unpaired) electrons. The summed E-state index contributed by atoms with van der Waals surface area (Å²) < 4.78 is 0. The highest BCUT2D eigenvalue weighted by Gasteiger charge is 2.36. The average molecular weight is 259 g/mol. The van der Waals surface area contributed by atoms with Crippen LogP contribution in [0, 0.1) is 10.8 Å². The van der Waals surface area contributed by atoms with E-state index < -0.39 is 16.7 Å². The summed E-state index contributed by atoms with van der Waals surface area (Å²) in [4.78, 5) is 23.2. The molecule has 0 rings (SSSR count). The molecule has 0 aromatic rings. The molecule has 6 heteroatoms. The molecule has 0 aliphatic rings. The Hall–Kier alpha value is -1.17. The van der Waals surface area contributed by atoms with E-state index in [1.54, 1.807) is 20.8 Å². The molecule has 5 N–H and O–H groups in total. The Balaban J connectivity index is 4.67. The molecule has 0 aromatic heterocycles. The molecule has 5 nitrogen and oxygen atoms in total. The number of nitrogens with one attached hydrogen (secondary N) is 1. The third-order valence-corrected chi connectivity index (χ3v) is 3.56. The summed E-state index contributed by atoms with van der Waals surface area (Å²) in [5.74, 6) is -0.742. The predicted octanol–water partition coefficient (Wildman–Crippen LogP) is 0.317. The Morgan fingerprint density at radius 1 is 1.24 bits per heavy atom. The molecular formula is C11H21N3O2S. The summed E-state index contributed by atoms with van der Waals surface area (Å²) in [5, 5.41) is 2.67. The number of hydrogen-bond donors (Lipinski definition) is 3. The minimum absolute atomic E-state index is 0.148. The van der Waals surface area contributed by atoms with E-state index in [4.69, 9.17) is 23.7 Å². The van der Waals surface area contributed by atoms with Crippen LogP contribution < -0.4 is 16.8 Å². The van der Waals surface area contributed by atoms with Crippen molar-refractivity contribution >= 4 is 29.0 Å². The van der Waals surface area contributed by atoms with Gasteiger partial charge in [-0.3, -0.25) is 9.59 Å². The highest BCUT2D eigenvalue weighted by atomic mass is 32.1. The molecular weight excluding hydrogens is 238 g/mol. The fraction of sp³-hybridized carbons (Fsp3) is 0.727. The van der Waals surface area contributed by atoms with Gasteiger partial charge in [0, 0.05) is 6.54 Å². The van der Waals surface area contributed by atoms with Crippen LogP contribution in [0.25, 0.3) is 0 Å². The summed E-state index contributed by atoms with van der Waals surface area (Å²) in [6, 6.07) is 0. The third kappa shape index (κ3) is 3.66. The van der Waals surface area contributed by atoms with Crippen molar-refractivity contribution in [2.75, 3.05) is 6.54 Å². The Morgan fingerprint density at radius 3 is 2.00 bits per heavy atom. The minimum Gasteiger partial charge on any atom is -0.392 e. The van der Waals surface area contributed by atoms with Gasteiger partial charge in [0.25, 0.3) is 0 Å². The minimum atomic E-state index is -0.886. The van der Waals surface area contributed by atoms with Gasteiger partial charge in [0.2, 0.25) is 11.8 Å². The first-order chi connectivity index (χ1) is 7.58. The number of rotatable bonds is 6. The molecule has 0 aliphatic heterocycles. The number of carbonyl (C=O) groups excluding carboxylic acids is 2. The molecule has 98 valence electrons. The molecule has 0 aromatic carbocycles. The van der Waals surface area contributed by atoms with E-state index in [1.807, 2.05) is 6.92 Å². The van der Waals surface area contributed by atoms with Crippen LogP contribution in [0.15, 0.2) is 0 Å². The van der Waals surface area contributed by atoms with E-state index in [9.17, 15) is 9.59 Å². The van der Waals surface area contributed by atoms with Crippen LogP contribution in [0.5, 0.6) is 0 Å². The Labute approximate surface area is 107 Å². The maximum absolute atomic E-state index is 12.0. The molecule has 0 spiro atoms. The highest BCUT2D eigenvalue weighted by molar-refractivity contribution is 7.80. The van der Waals surface area contributed by atoms with Gasteiger partial charge in [-0.15, -0.1) is 0 Å². The summed E-state index contributed by atoms with van der Waals surface area (Å²) in [6.45, 7) is 7.01. The van der Waals surface area contributed by atoms with Crippen molar-refractivity contribution in [2.24, 2.45) is 22.3 Å². The van der Waals surface area contributed by atoms with Crippen molar-refractivity contribution < 1.29 is 9.59 Å². The molecule has 0 fully saturated rings. The van der Waals surface area contributed by atoms with Crippen molar-refractivity contribution in [3.8, 4) is 0 Å². The van der Waals surface area contributed by atoms with Gasteiger partial charge in [-0.05, 0) is 27.2 Å². The molecule has 0 bridgehead atoms. The van der Waals surface area contributed by atoms with Crippen molar-refractivity contribution in [3.63, 3.8) is 0 Å². The van der Waals surface area contributed by atoms with Crippen molar-refractivity contribution in [1.82, 2.24) is 5.32 Å². The molecule has 0 saturated carbocycles. The lowest BCUT2D eigenvalue weighted by Crippen LogP contribution is -2.50. The largest absolute Gasteiger partial charge is 0.392 e. The van der Waals surface area contributed by atoms with E-state index >= 15 is 0 Å². The van der Waals surface area contributed by atoms with Crippen molar-refractivity contribution in [2.45, 2.75) is 34.1 Å². The Bertz CT molecular complexity index is 342. The van der Waals surface area contributed by atoms with Gasteiger partial charge in [0.05, 0.1) is 15.8 Å². The molecule has 0 heterocycles. The van der Waals surface area contributed by atoms with Crippen LogP contribution in [0.3, 0.4) is 0 Å². The number of thiocarbonyl (C=S) groups is 1. The Kier molecular flexibility index (Phi) is 5.07. The normalized spacial score (nSPS) is 14.8. The number of hydrogen-bond acceptors (Lipinski definition) is 3. The van der Waals surface area contributed by atoms with Gasteiger partial charge in [-0.25, -0.2) is 0 Å². The summed E-state index contributed by atoms with van der Waals surface area (Å²) in [5.41, 5.74) is 9.10. The van der Waals surface area contributed by atoms with E-state index in [2.05, 4.69) is 5.32 Å². The van der Waals surface area contributed by atoms with Crippen LogP contribution in [0.1, 0.15) is 34.1 Å². The second kappa shape index (κ2) is 5.44. The van der Waals surface area contributed by atoms with Crippen molar-refractivity contribution in [3.05, 3.63) is 0 Å². The molecule has 1 atom stereocenters.